The van der Waals surface area contributed by atoms with Crippen molar-refractivity contribution in [3.8, 4) is 0 Å². The van der Waals surface area contributed by atoms with E-state index in [1.54, 1.807) is 0 Å². The monoisotopic (exact) mass is 253 g/mol. The maximum absolute atomic E-state index is 9.64. The first kappa shape index (κ1) is 13.5. The van der Waals surface area contributed by atoms with Crippen LogP contribution in [0.15, 0.2) is 12.4 Å². The van der Waals surface area contributed by atoms with E-state index in [0.29, 0.717) is 6.61 Å². The third kappa shape index (κ3) is 3.31. The first-order valence-corrected chi connectivity index (χ1v) is 6.48. The molecule has 0 aliphatic carbocycles. The molecule has 5 nitrogen and oxygen atoms in total. The third-order valence-electron chi connectivity index (χ3n) is 3.56. The highest BCUT2D eigenvalue weighted by Crippen LogP contribution is 2.29. The van der Waals surface area contributed by atoms with Gasteiger partial charge in [0.05, 0.1) is 19.4 Å². The second-order valence-electron chi connectivity index (χ2n) is 5.51. The number of hydrogen-bond donors (Lipinski definition) is 1. The van der Waals surface area contributed by atoms with E-state index in [-0.39, 0.29) is 12.0 Å². The summed E-state index contributed by atoms with van der Waals surface area (Å²) in [6.07, 6.45) is 6.00. The van der Waals surface area contributed by atoms with Crippen LogP contribution in [0.25, 0.3) is 0 Å². The van der Waals surface area contributed by atoms with Crippen LogP contribution in [0, 0.1) is 5.41 Å². The number of aryl methyl sites for hydroxylation is 1. The van der Waals surface area contributed by atoms with Gasteiger partial charge in [-0.25, -0.2) is 0 Å². The Labute approximate surface area is 108 Å². The summed E-state index contributed by atoms with van der Waals surface area (Å²) < 4.78 is 7.34. The summed E-state index contributed by atoms with van der Waals surface area (Å²) in [5.41, 5.74) is 1.11. The Hall–Kier alpha value is -0.910. The fraction of sp³-hybridized carbons (Fsp3) is 0.769. The standard InChI is InChI=1S/C13H23N3O2/c1-15(7-12-6-14-16(2)8-12)9-13(10-17)4-3-5-18-11-13/h6,8,17H,3-5,7,9-11H2,1-2H3. The molecule has 1 aromatic heterocycles. The average Bonchev–Trinajstić information content (AvgIpc) is 2.75. The van der Waals surface area contributed by atoms with Crippen molar-refractivity contribution in [2.24, 2.45) is 12.5 Å². The number of rotatable bonds is 5. The molecule has 0 radical (unpaired) electrons. The lowest BCUT2D eigenvalue weighted by Crippen LogP contribution is -2.44. The Morgan fingerprint density at radius 1 is 1.61 bits per heavy atom. The highest BCUT2D eigenvalue weighted by atomic mass is 16.5. The van der Waals surface area contributed by atoms with E-state index in [4.69, 9.17) is 4.74 Å². The van der Waals surface area contributed by atoms with Crippen LogP contribution in [0.2, 0.25) is 0 Å². The van der Waals surface area contributed by atoms with Crippen LogP contribution in [0.1, 0.15) is 18.4 Å². The molecule has 0 spiro atoms. The van der Waals surface area contributed by atoms with Gasteiger partial charge in [0.25, 0.3) is 0 Å². The number of aliphatic hydroxyl groups excluding tert-OH is 1. The molecule has 0 bridgehead atoms. The fourth-order valence-corrected chi connectivity index (χ4v) is 2.70. The lowest BCUT2D eigenvalue weighted by molar-refractivity contribution is -0.0531. The van der Waals surface area contributed by atoms with Crippen LogP contribution in [-0.4, -0.2) is 53.2 Å². The van der Waals surface area contributed by atoms with E-state index in [1.165, 1.54) is 5.56 Å². The Kier molecular flexibility index (Phi) is 4.37. The minimum atomic E-state index is -0.0881. The van der Waals surface area contributed by atoms with Crippen molar-refractivity contribution in [2.45, 2.75) is 19.4 Å². The molecular formula is C13H23N3O2. The van der Waals surface area contributed by atoms with Gasteiger partial charge in [0.15, 0.2) is 0 Å². The van der Waals surface area contributed by atoms with Crippen LogP contribution < -0.4 is 0 Å². The van der Waals surface area contributed by atoms with E-state index < -0.39 is 0 Å². The minimum Gasteiger partial charge on any atom is -0.396 e. The molecule has 1 aromatic rings. The summed E-state index contributed by atoms with van der Waals surface area (Å²) in [6, 6.07) is 0. The molecule has 0 amide bonds. The number of aliphatic hydroxyl groups is 1. The van der Waals surface area contributed by atoms with Gasteiger partial charge >= 0.3 is 0 Å². The van der Waals surface area contributed by atoms with Crippen molar-refractivity contribution in [1.29, 1.82) is 0 Å². The first-order chi connectivity index (χ1) is 8.63. The highest BCUT2D eigenvalue weighted by Gasteiger charge is 2.33. The van der Waals surface area contributed by atoms with Crippen LogP contribution in [0.5, 0.6) is 0 Å². The molecule has 1 aliphatic rings. The second kappa shape index (κ2) is 5.82. The summed E-state index contributed by atoms with van der Waals surface area (Å²) in [6.45, 7) is 3.41. The lowest BCUT2D eigenvalue weighted by Gasteiger charge is -2.38. The van der Waals surface area contributed by atoms with Gasteiger partial charge in [0.1, 0.15) is 0 Å². The molecule has 1 saturated heterocycles. The van der Waals surface area contributed by atoms with Crippen molar-refractivity contribution in [3.05, 3.63) is 18.0 Å². The summed E-state index contributed by atoms with van der Waals surface area (Å²) in [5.74, 6) is 0. The number of hydrogen-bond acceptors (Lipinski definition) is 4. The van der Waals surface area contributed by atoms with Crippen LogP contribution >= 0.6 is 0 Å². The van der Waals surface area contributed by atoms with E-state index >= 15 is 0 Å². The van der Waals surface area contributed by atoms with E-state index in [2.05, 4.69) is 17.0 Å². The quantitative estimate of drug-likeness (QED) is 0.837. The molecule has 1 N–H and O–H groups in total. The second-order valence-corrected chi connectivity index (χ2v) is 5.51. The van der Waals surface area contributed by atoms with E-state index in [9.17, 15) is 5.11 Å². The Morgan fingerprint density at radius 3 is 3.00 bits per heavy atom. The fourth-order valence-electron chi connectivity index (χ4n) is 2.70. The molecule has 1 fully saturated rings. The molecular weight excluding hydrogens is 230 g/mol. The van der Waals surface area contributed by atoms with Crippen molar-refractivity contribution >= 4 is 0 Å². The third-order valence-corrected chi connectivity index (χ3v) is 3.56. The molecule has 0 aromatic carbocycles. The molecule has 18 heavy (non-hydrogen) atoms. The van der Waals surface area contributed by atoms with Gasteiger partial charge in [-0.3, -0.25) is 4.68 Å². The zero-order valence-corrected chi connectivity index (χ0v) is 11.3. The first-order valence-electron chi connectivity index (χ1n) is 6.48. The zero-order chi connectivity index (χ0) is 13.0. The molecule has 2 rings (SSSR count). The van der Waals surface area contributed by atoms with Crippen LogP contribution in [0.3, 0.4) is 0 Å². The molecule has 0 saturated carbocycles. The Balaban J connectivity index is 1.90. The van der Waals surface area contributed by atoms with Gasteiger partial charge in [0.2, 0.25) is 0 Å². The van der Waals surface area contributed by atoms with Gasteiger partial charge in [0, 0.05) is 43.9 Å². The lowest BCUT2D eigenvalue weighted by atomic mass is 9.83. The Bertz CT molecular complexity index is 372. The highest BCUT2D eigenvalue weighted by molar-refractivity contribution is 5.03. The van der Waals surface area contributed by atoms with Gasteiger partial charge in [-0.2, -0.15) is 5.10 Å². The maximum atomic E-state index is 9.64. The van der Waals surface area contributed by atoms with E-state index in [1.807, 2.05) is 24.1 Å². The number of ether oxygens (including phenoxy) is 1. The van der Waals surface area contributed by atoms with Gasteiger partial charge < -0.3 is 14.7 Å². The average molecular weight is 253 g/mol. The number of nitrogens with zero attached hydrogens (tertiary/aromatic N) is 3. The van der Waals surface area contributed by atoms with E-state index in [0.717, 1.165) is 32.5 Å². The van der Waals surface area contributed by atoms with Crippen molar-refractivity contribution < 1.29 is 9.84 Å². The largest absolute Gasteiger partial charge is 0.396 e. The van der Waals surface area contributed by atoms with Crippen LogP contribution in [-0.2, 0) is 18.3 Å². The minimum absolute atomic E-state index is 0.0881. The van der Waals surface area contributed by atoms with Crippen molar-refractivity contribution in [2.75, 3.05) is 33.4 Å². The molecule has 1 atom stereocenters. The summed E-state index contributed by atoms with van der Waals surface area (Å²) >= 11 is 0. The molecule has 2 heterocycles. The normalized spacial score (nSPS) is 24.7. The number of aromatic nitrogens is 2. The molecule has 102 valence electrons. The SMILES string of the molecule is CN(Cc1cnn(C)c1)CC1(CO)CCCOC1. The summed E-state index contributed by atoms with van der Waals surface area (Å²) in [5, 5.41) is 13.8. The smallest absolute Gasteiger partial charge is 0.0556 e. The molecule has 1 aliphatic heterocycles. The van der Waals surface area contributed by atoms with Crippen LogP contribution in [0.4, 0.5) is 0 Å². The molecule has 5 heteroatoms. The van der Waals surface area contributed by atoms with Crippen molar-refractivity contribution in [1.82, 2.24) is 14.7 Å². The Morgan fingerprint density at radius 2 is 2.44 bits per heavy atom. The summed E-state index contributed by atoms with van der Waals surface area (Å²) in [7, 11) is 4.01. The topological polar surface area (TPSA) is 50.5 Å². The predicted octanol–water partition coefficient (Wildman–Crippen LogP) is 0.641. The predicted molar refractivity (Wildman–Crippen MR) is 69.1 cm³/mol. The molecule has 1 unspecified atom stereocenters. The maximum Gasteiger partial charge on any atom is 0.0556 e. The van der Waals surface area contributed by atoms with Gasteiger partial charge in [-0.15, -0.1) is 0 Å². The zero-order valence-electron chi connectivity index (χ0n) is 11.3. The van der Waals surface area contributed by atoms with Gasteiger partial charge in [-0.1, -0.05) is 0 Å². The van der Waals surface area contributed by atoms with Gasteiger partial charge in [-0.05, 0) is 19.9 Å². The van der Waals surface area contributed by atoms with Crippen molar-refractivity contribution in [3.63, 3.8) is 0 Å². The summed E-state index contributed by atoms with van der Waals surface area (Å²) in [4.78, 5) is 2.24.